The van der Waals surface area contributed by atoms with E-state index in [1.54, 1.807) is 11.8 Å². The van der Waals surface area contributed by atoms with Crippen molar-refractivity contribution < 1.29 is 4.79 Å². The molecular weight excluding hydrogens is 368 g/mol. The van der Waals surface area contributed by atoms with Crippen LogP contribution in [0.15, 0.2) is 65.8 Å². The van der Waals surface area contributed by atoms with Crippen LogP contribution in [0.2, 0.25) is 0 Å². The minimum absolute atomic E-state index is 0.0797. The van der Waals surface area contributed by atoms with Gasteiger partial charge in [0, 0.05) is 24.3 Å². The van der Waals surface area contributed by atoms with Gasteiger partial charge in [0.2, 0.25) is 5.91 Å². The molecule has 1 N–H and O–H groups in total. The number of carbonyl (C=O) groups excluding carboxylic acids is 1. The zero-order chi connectivity index (χ0) is 19.3. The van der Waals surface area contributed by atoms with Crippen molar-refractivity contribution in [1.29, 1.82) is 0 Å². The van der Waals surface area contributed by atoms with Crippen molar-refractivity contribution in [2.75, 3.05) is 11.1 Å². The van der Waals surface area contributed by atoms with Crippen LogP contribution < -0.4 is 5.32 Å². The number of nitrogens with one attached hydrogen (secondary N) is 1. The minimum atomic E-state index is -0.0797. The fourth-order valence-electron chi connectivity index (χ4n) is 3.02. The Morgan fingerprint density at radius 1 is 1.18 bits per heavy atom. The molecule has 6 heteroatoms. The average molecular weight is 391 g/mol. The summed E-state index contributed by atoms with van der Waals surface area (Å²) in [5.41, 5.74) is 2.94. The number of benzene rings is 2. The van der Waals surface area contributed by atoms with Gasteiger partial charge in [-0.15, -0.1) is 10.2 Å². The lowest BCUT2D eigenvalue weighted by Crippen LogP contribution is -2.07. The molecule has 0 saturated heterocycles. The van der Waals surface area contributed by atoms with Crippen molar-refractivity contribution in [2.24, 2.45) is 0 Å². The van der Waals surface area contributed by atoms with Crippen LogP contribution in [0.4, 0.5) is 5.69 Å². The van der Waals surface area contributed by atoms with E-state index in [1.165, 1.54) is 12.5 Å². The molecular formula is C22H22N4OS. The maximum absolute atomic E-state index is 11.4. The highest BCUT2D eigenvalue weighted by atomic mass is 32.2. The van der Waals surface area contributed by atoms with Gasteiger partial charge in [0.1, 0.15) is 5.82 Å². The van der Waals surface area contributed by atoms with E-state index < -0.39 is 0 Å². The summed E-state index contributed by atoms with van der Waals surface area (Å²) in [6, 6.07) is 18.1. The lowest BCUT2D eigenvalue weighted by molar-refractivity contribution is -0.114. The normalized spacial score (nSPS) is 13.8. The molecule has 1 aliphatic rings. The molecule has 1 aromatic heterocycles. The summed E-state index contributed by atoms with van der Waals surface area (Å²) in [6.07, 6.45) is 6.57. The van der Waals surface area contributed by atoms with Crippen molar-refractivity contribution in [1.82, 2.24) is 14.8 Å². The number of hydrogen-bond donors (Lipinski definition) is 1. The Balaban J connectivity index is 1.56. The highest BCUT2D eigenvalue weighted by molar-refractivity contribution is 7.99. The van der Waals surface area contributed by atoms with E-state index in [9.17, 15) is 4.79 Å². The van der Waals surface area contributed by atoms with Gasteiger partial charge in [0.05, 0.1) is 5.69 Å². The molecule has 1 heterocycles. The zero-order valence-electron chi connectivity index (χ0n) is 15.7. The summed E-state index contributed by atoms with van der Waals surface area (Å²) in [5.74, 6) is 2.22. The molecule has 0 unspecified atom stereocenters. The highest BCUT2D eigenvalue weighted by Crippen LogP contribution is 2.41. The molecule has 0 spiro atoms. The Bertz CT molecular complexity index is 993. The highest BCUT2D eigenvalue weighted by Gasteiger charge is 2.31. The third kappa shape index (κ3) is 4.51. The third-order valence-corrected chi connectivity index (χ3v) is 5.33. The van der Waals surface area contributed by atoms with Gasteiger partial charge in [-0.1, -0.05) is 60.3 Å². The Hall–Kier alpha value is -2.86. The fourth-order valence-corrected chi connectivity index (χ4v) is 3.79. The number of carbonyl (C=O) groups is 1. The quantitative estimate of drug-likeness (QED) is 0.583. The van der Waals surface area contributed by atoms with Gasteiger partial charge >= 0.3 is 0 Å². The molecule has 1 aliphatic carbocycles. The van der Waals surface area contributed by atoms with E-state index in [4.69, 9.17) is 0 Å². The maximum Gasteiger partial charge on any atom is 0.221 e. The molecule has 142 valence electrons. The van der Waals surface area contributed by atoms with Crippen LogP contribution in [-0.4, -0.2) is 26.4 Å². The largest absolute Gasteiger partial charge is 0.326 e. The number of anilines is 1. The van der Waals surface area contributed by atoms with Gasteiger partial charge in [-0.05, 0) is 36.6 Å². The predicted octanol–water partition coefficient (Wildman–Crippen LogP) is 4.91. The van der Waals surface area contributed by atoms with Gasteiger partial charge in [0.15, 0.2) is 5.16 Å². The van der Waals surface area contributed by atoms with Gasteiger partial charge in [0.25, 0.3) is 0 Å². The number of thioether (sulfide) groups is 1. The second-order valence-electron chi connectivity index (χ2n) is 6.81. The van der Waals surface area contributed by atoms with Crippen molar-refractivity contribution in [2.45, 2.75) is 30.8 Å². The van der Waals surface area contributed by atoms with Crippen molar-refractivity contribution >= 4 is 29.4 Å². The second-order valence-corrected chi connectivity index (χ2v) is 7.79. The number of nitrogens with zero attached hydrogens (tertiary/aromatic N) is 3. The van der Waals surface area contributed by atoms with E-state index >= 15 is 0 Å². The molecule has 3 aromatic rings. The first-order valence-electron chi connectivity index (χ1n) is 9.38. The number of aromatic nitrogens is 3. The lowest BCUT2D eigenvalue weighted by Gasteiger charge is -2.11. The standard InChI is InChI=1S/C22H22N4OS/c1-16(27)23-19-10-5-11-20(15-19)26-21(18-12-13-18)24-25-22(26)28-14-6-9-17-7-3-2-4-8-17/h2-11,15,18H,12-14H2,1H3,(H,23,27)/b9-6+. The molecule has 0 aliphatic heterocycles. The third-order valence-electron chi connectivity index (χ3n) is 4.44. The molecule has 0 bridgehead atoms. The first-order chi connectivity index (χ1) is 13.7. The maximum atomic E-state index is 11.4. The smallest absolute Gasteiger partial charge is 0.221 e. The van der Waals surface area contributed by atoms with Crippen LogP contribution in [0.25, 0.3) is 11.8 Å². The second kappa shape index (κ2) is 8.44. The van der Waals surface area contributed by atoms with Gasteiger partial charge in [-0.3, -0.25) is 9.36 Å². The van der Waals surface area contributed by atoms with Gasteiger partial charge in [-0.2, -0.15) is 0 Å². The molecule has 4 rings (SSSR count). The minimum Gasteiger partial charge on any atom is -0.326 e. The van der Waals surface area contributed by atoms with Crippen molar-refractivity contribution in [3.8, 4) is 5.69 Å². The monoisotopic (exact) mass is 390 g/mol. The van der Waals surface area contributed by atoms with E-state index in [-0.39, 0.29) is 5.91 Å². The average Bonchev–Trinajstić information content (AvgIpc) is 3.45. The molecule has 1 amide bonds. The van der Waals surface area contributed by atoms with E-state index in [0.717, 1.165) is 41.0 Å². The molecule has 5 nitrogen and oxygen atoms in total. The van der Waals surface area contributed by atoms with Crippen LogP contribution in [0.1, 0.15) is 37.1 Å². The van der Waals surface area contributed by atoms with Crippen LogP contribution in [0.3, 0.4) is 0 Å². The molecule has 28 heavy (non-hydrogen) atoms. The summed E-state index contributed by atoms with van der Waals surface area (Å²) in [4.78, 5) is 11.4. The fraction of sp³-hybridized carbons (Fsp3) is 0.227. The Kier molecular flexibility index (Phi) is 5.58. The SMILES string of the molecule is CC(=O)Nc1cccc(-n2c(SC/C=C/c3ccccc3)nnc2C2CC2)c1. The number of amides is 1. The lowest BCUT2D eigenvalue weighted by atomic mass is 10.2. The molecule has 0 radical (unpaired) electrons. The zero-order valence-corrected chi connectivity index (χ0v) is 16.5. The summed E-state index contributed by atoms with van der Waals surface area (Å²) in [7, 11) is 0. The van der Waals surface area contributed by atoms with Crippen molar-refractivity contribution in [3.05, 3.63) is 72.1 Å². The summed E-state index contributed by atoms with van der Waals surface area (Å²) >= 11 is 1.66. The first kappa shape index (κ1) is 18.5. The molecule has 0 atom stereocenters. The van der Waals surface area contributed by atoms with Crippen LogP contribution in [0.5, 0.6) is 0 Å². The van der Waals surface area contributed by atoms with Crippen LogP contribution in [-0.2, 0) is 4.79 Å². The number of hydrogen-bond acceptors (Lipinski definition) is 4. The Morgan fingerprint density at radius 3 is 2.75 bits per heavy atom. The van der Waals surface area contributed by atoms with Crippen LogP contribution >= 0.6 is 11.8 Å². The van der Waals surface area contributed by atoms with E-state index in [0.29, 0.717) is 5.92 Å². The first-order valence-corrected chi connectivity index (χ1v) is 10.4. The van der Waals surface area contributed by atoms with Crippen molar-refractivity contribution in [3.63, 3.8) is 0 Å². The van der Waals surface area contributed by atoms with Gasteiger partial charge < -0.3 is 5.32 Å². The summed E-state index contributed by atoms with van der Waals surface area (Å²) < 4.78 is 2.13. The summed E-state index contributed by atoms with van der Waals surface area (Å²) in [5, 5.41) is 12.6. The van der Waals surface area contributed by atoms with E-state index in [1.807, 2.05) is 42.5 Å². The molecule has 1 fully saturated rings. The number of rotatable bonds is 7. The Morgan fingerprint density at radius 2 is 2.00 bits per heavy atom. The van der Waals surface area contributed by atoms with Gasteiger partial charge in [-0.25, -0.2) is 0 Å². The molecule has 1 saturated carbocycles. The topological polar surface area (TPSA) is 59.8 Å². The Labute approximate surface area is 168 Å². The van der Waals surface area contributed by atoms with Crippen LogP contribution in [0, 0.1) is 0 Å². The molecule has 2 aromatic carbocycles. The summed E-state index contributed by atoms with van der Waals surface area (Å²) in [6.45, 7) is 1.52. The predicted molar refractivity (Wildman–Crippen MR) is 114 cm³/mol. The van der Waals surface area contributed by atoms with E-state index in [2.05, 4.69) is 44.4 Å².